The van der Waals surface area contributed by atoms with Crippen LogP contribution in [0, 0.1) is 0 Å². The molecule has 0 saturated heterocycles. The molecule has 3 N–H and O–H groups in total. The fourth-order valence-electron chi connectivity index (χ4n) is 1.52. The summed E-state index contributed by atoms with van der Waals surface area (Å²) in [6.45, 7) is 0. The zero-order valence-corrected chi connectivity index (χ0v) is 10.9. The molecule has 0 heterocycles. The van der Waals surface area contributed by atoms with Gasteiger partial charge in [0, 0.05) is 10.8 Å². The van der Waals surface area contributed by atoms with Crippen molar-refractivity contribution in [3.8, 4) is 11.5 Å². The predicted octanol–water partition coefficient (Wildman–Crippen LogP) is 2.80. The second kappa shape index (κ2) is 4.17. The predicted molar refractivity (Wildman–Crippen MR) is 67.1 cm³/mol. The Morgan fingerprint density at radius 3 is 1.94 bits per heavy atom. The topological polar surface area (TPSA) is 94.8 Å². The minimum absolute atomic E-state index is 0.104. The van der Waals surface area contributed by atoms with Gasteiger partial charge in [-0.2, -0.15) is 8.42 Å². The van der Waals surface area contributed by atoms with Crippen molar-refractivity contribution in [3.05, 3.63) is 28.2 Å². The molecule has 0 aromatic heterocycles. The van der Waals surface area contributed by atoms with Gasteiger partial charge >= 0.3 is 0 Å². The first-order chi connectivity index (χ1) is 8.23. The molecule has 0 radical (unpaired) electrons. The molecule has 0 atom stereocenters. The molecule has 0 aliphatic heterocycles. The first-order valence-electron chi connectivity index (χ1n) is 4.53. The van der Waals surface area contributed by atoms with Crippen molar-refractivity contribution in [1.82, 2.24) is 0 Å². The van der Waals surface area contributed by atoms with Crippen molar-refractivity contribution in [2.75, 3.05) is 0 Å². The van der Waals surface area contributed by atoms with Crippen LogP contribution in [0.4, 0.5) is 0 Å². The first-order valence-corrected chi connectivity index (χ1v) is 6.73. The smallest absolute Gasteiger partial charge is 0.294 e. The average Bonchev–Trinajstić information content (AvgIpc) is 2.32. The van der Waals surface area contributed by atoms with Gasteiger partial charge in [-0.3, -0.25) is 4.55 Å². The van der Waals surface area contributed by atoms with E-state index in [1.807, 2.05) is 0 Å². The number of aromatic hydroxyl groups is 2. The van der Waals surface area contributed by atoms with E-state index in [0.29, 0.717) is 0 Å². The van der Waals surface area contributed by atoms with Gasteiger partial charge < -0.3 is 10.2 Å². The summed E-state index contributed by atoms with van der Waals surface area (Å²) >= 11 is 11.6. The number of rotatable bonds is 1. The number of phenols is 2. The third-order valence-corrected chi connectivity index (χ3v) is 4.02. The van der Waals surface area contributed by atoms with Gasteiger partial charge in [-0.25, -0.2) is 0 Å². The zero-order chi connectivity index (χ0) is 13.7. The molecule has 0 aliphatic rings. The molecule has 0 fully saturated rings. The van der Waals surface area contributed by atoms with E-state index in [9.17, 15) is 18.6 Å². The van der Waals surface area contributed by atoms with E-state index in [4.69, 9.17) is 27.8 Å². The van der Waals surface area contributed by atoms with Gasteiger partial charge in [0.05, 0.1) is 14.9 Å². The lowest BCUT2D eigenvalue weighted by Gasteiger charge is -2.09. The van der Waals surface area contributed by atoms with E-state index in [1.54, 1.807) is 0 Å². The van der Waals surface area contributed by atoms with E-state index in [-0.39, 0.29) is 20.8 Å². The monoisotopic (exact) mass is 308 g/mol. The van der Waals surface area contributed by atoms with E-state index < -0.39 is 26.5 Å². The van der Waals surface area contributed by atoms with E-state index in [1.165, 1.54) is 6.07 Å². The van der Waals surface area contributed by atoms with Crippen molar-refractivity contribution < 1.29 is 23.2 Å². The largest absolute Gasteiger partial charge is 0.503 e. The summed E-state index contributed by atoms with van der Waals surface area (Å²) < 4.78 is 30.9. The quantitative estimate of drug-likeness (QED) is 0.556. The highest BCUT2D eigenvalue weighted by atomic mass is 35.5. The van der Waals surface area contributed by atoms with Crippen LogP contribution in [0.1, 0.15) is 0 Å². The van der Waals surface area contributed by atoms with Crippen LogP contribution in [0.15, 0.2) is 23.1 Å². The summed E-state index contributed by atoms with van der Waals surface area (Å²) in [6.07, 6.45) is 0. The Balaban J connectivity index is 2.95. The number of halogens is 2. The third-order valence-electron chi connectivity index (χ3n) is 2.40. The molecule has 96 valence electrons. The number of benzene rings is 2. The zero-order valence-electron chi connectivity index (χ0n) is 8.55. The van der Waals surface area contributed by atoms with Crippen molar-refractivity contribution in [2.24, 2.45) is 0 Å². The highest BCUT2D eigenvalue weighted by Gasteiger charge is 2.18. The molecule has 2 rings (SSSR count). The minimum atomic E-state index is -4.39. The Morgan fingerprint density at radius 2 is 1.44 bits per heavy atom. The normalized spacial score (nSPS) is 11.9. The van der Waals surface area contributed by atoms with Crippen LogP contribution in [-0.2, 0) is 10.1 Å². The van der Waals surface area contributed by atoms with Crippen LogP contribution in [0.5, 0.6) is 11.5 Å². The summed E-state index contributed by atoms with van der Waals surface area (Å²) in [7, 11) is -4.39. The number of phenolic OH excluding ortho intramolecular Hbond substituents is 2. The SMILES string of the molecule is O=S(=O)(O)c1ccc2c(Cl)c(O)c(O)c(Cl)c2c1. The second-order valence-corrected chi connectivity index (χ2v) is 5.69. The second-order valence-electron chi connectivity index (χ2n) is 3.51. The first kappa shape index (κ1) is 13.2. The maximum atomic E-state index is 11.0. The molecule has 5 nitrogen and oxygen atoms in total. The molecule has 0 unspecified atom stereocenters. The maximum absolute atomic E-state index is 11.0. The summed E-state index contributed by atoms with van der Waals surface area (Å²) in [5, 5.41) is 18.9. The molecule has 0 spiro atoms. The lowest BCUT2D eigenvalue weighted by molar-refractivity contribution is 0.405. The molecule has 2 aromatic rings. The van der Waals surface area contributed by atoms with Crippen LogP contribution >= 0.6 is 23.2 Å². The molecule has 18 heavy (non-hydrogen) atoms. The van der Waals surface area contributed by atoms with Crippen LogP contribution in [0.25, 0.3) is 10.8 Å². The van der Waals surface area contributed by atoms with Crippen molar-refractivity contribution in [3.63, 3.8) is 0 Å². The highest BCUT2D eigenvalue weighted by Crippen LogP contribution is 2.46. The molecule has 0 bridgehead atoms. The Hall–Kier alpha value is -1.21. The number of fused-ring (bicyclic) bond motifs is 1. The summed E-state index contributed by atoms with van der Waals surface area (Å²) in [5.74, 6) is -1.24. The summed E-state index contributed by atoms with van der Waals surface area (Å²) in [6, 6.07) is 3.43. The molecule has 0 aliphatic carbocycles. The van der Waals surface area contributed by atoms with Gasteiger partial charge in [0.15, 0.2) is 11.5 Å². The van der Waals surface area contributed by atoms with Crippen LogP contribution in [-0.4, -0.2) is 23.2 Å². The van der Waals surface area contributed by atoms with Crippen molar-refractivity contribution in [1.29, 1.82) is 0 Å². The number of hydrogen-bond donors (Lipinski definition) is 3. The lowest BCUT2D eigenvalue weighted by atomic mass is 10.1. The Morgan fingerprint density at radius 1 is 0.944 bits per heavy atom. The van der Waals surface area contributed by atoms with Gasteiger partial charge in [-0.05, 0) is 12.1 Å². The maximum Gasteiger partial charge on any atom is 0.294 e. The molecule has 0 amide bonds. The van der Waals surface area contributed by atoms with Crippen molar-refractivity contribution >= 4 is 44.1 Å². The number of hydrogen-bond acceptors (Lipinski definition) is 4. The van der Waals surface area contributed by atoms with E-state index >= 15 is 0 Å². The molecule has 2 aromatic carbocycles. The van der Waals surface area contributed by atoms with Gasteiger partial charge in [-0.15, -0.1) is 0 Å². The summed E-state index contributed by atoms with van der Waals surface area (Å²) in [5.41, 5.74) is 0. The molecule has 0 saturated carbocycles. The lowest BCUT2D eigenvalue weighted by Crippen LogP contribution is -1.97. The Kier molecular flexibility index (Phi) is 3.06. The molecular weight excluding hydrogens is 303 g/mol. The average molecular weight is 309 g/mol. The van der Waals surface area contributed by atoms with Crippen LogP contribution in [0.2, 0.25) is 10.0 Å². The standard InChI is InChI=1S/C10H6Cl2O5S/c11-7-5-2-1-4(18(15,16)17)3-6(5)8(12)10(14)9(7)13/h1-3,13-14H,(H,15,16,17). The van der Waals surface area contributed by atoms with Gasteiger partial charge in [0.1, 0.15) is 0 Å². The van der Waals surface area contributed by atoms with Crippen molar-refractivity contribution in [2.45, 2.75) is 4.90 Å². The van der Waals surface area contributed by atoms with Gasteiger partial charge in [-0.1, -0.05) is 29.3 Å². The molecular formula is C10H6Cl2O5S. The van der Waals surface area contributed by atoms with Gasteiger partial charge in [0.25, 0.3) is 10.1 Å². The van der Waals surface area contributed by atoms with Crippen LogP contribution < -0.4 is 0 Å². The Bertz CT molecular complexity index is 755. The third kappa shape index (κ3) is 1.97. The Labute approximate surface area is 112 Å². The molecule has 8 heteroatoms. The van der Waals surface area contributed by atoms with Gasteiger partial charge in [0.2, 0.25) is 0 Å². The fourth-order valence-corrected chi connectivity index (χ4v) is 2.53. The van der Waals surface area contributed by atoms with E-state index in [2.05, 4.69) is 0 Å². The van der Waals surface area contributed by atoms with E-state index in [0.717, 1.165) is 12.1 Å². The highest BCUT2D eigenvalue weighted by molar-refractivity contribution is 7.85. The summed E-state index contributed by atoms with van der Waals surface area (Å²) in [4.78, 5) is -0.391. The minimum Gasteiger partial charge on any atom is -0.503 e. The fraction of sp³-hybridized carbons (Fsp3) is 0. The van der Waals surface area contributed by atoms with Crippen LogP contribution in [0.3, 0.4) is 0 Å².